The van der Waals surface area contributed by atoms with Crippen molar-refractivity contribution in [2.75, 3.05) is 0 Å². The zero-order valence-electron chi connectivity index (χ0n) is 13.5. The lowest BCUT2D eigenvalue weighted by atomic mass is 10.1. The molecule has 2 N–H and O–H groups in total. The molecule has 0 spiro atoms. The number of allylic oxidation sites excluding steroid dienone is 9. The molecule has 0 aromatic heterocycles. The molecular formula is C18H31N. The van der Waals surface area contributed by atoms with Crippen molar-refractivity contribution in [3.63, 3.8) is 0 Å². The SMILES string of the molecule is C=C\C=C/C=C(C)/C(C)=C(N)/C=C\C=C.CC.CC. The summed E-state index contributed by atoms with van der Waals surface area (Å²) in [5, 5.41) is 0. The molecule has 0 aliphatic heterocycles. The Labute approximate surface area is 120 Å². The van der Waals surface area contributed by atoms with Crippen LogP contribution < -0.4 is 5.73 Å². The zero-order chi connectivity index (χ0) is 15.7. The summed E-state index contributed by atoms with van der Waals surface area (Å²) in [4.78, 5) is 0. The molecule has 0 heterocycles. The number of nitrogens with two attached hydrogens (primary N) is 1. The van der Waals surface area contributed by atoms with E-state index in [2.05, 4.69) is 13.2 Å². The van der Waals surface area contributed by atoms with Gasteiger partial charge in [-0.1, -0.05) is 77.3 Å². The normalized spacial score (nSPS) is 12.0. The molecule has 0 atom stereocenters. The van der Waals surface area contributed by atoms with Crippen molar-refractivity contribution in [3.05, 3.63) is 72.5 Å². The predicted octanol–water partition coefficient (Wildman–Crippen LogP) is 5.70. The summed E-state index contributed by atoms with van der Waals surface area (Å²) in [5.74, 6) is 0. The van der Waals surface area contributed by atoms with E-state index in [4.69, 9.17) is 5.73 Å². The van der Waals surface area contributed by atoms with Gasteiger partial charge in [-0.05, 0) is 31.1 Å². The second kappa shape index (κ2) is 18.6. The van der Waals surface area contributed by atoms with E-state index in [1.165, 1.54) is 0 Å². The second-order valence-electron chi connectivity index (χ2n) is 3.15. The summed E-state index contributed by atoms with van der Waals surface area (Å²) in [6, 6.07) is 0. The largest absolute Gasteiger partial charge is 0.399 e. The summed E-state index contributed by atoms with van der Waals surface area (Å²) in [6.45, 7) is 19.2. The van der Waals surface area contributed by atoms with Crippen LogP contribution in [0.4, 0.5) is 0 Å². The lowest BCUT2D eigenvalue weighted by molar-refractivity contribution is 1.24. The Bertz CT molecular complexity index is 339. The van der Waals surface area contributed by atoms with Gasteiger partial charge in [-0.25, -0.2) is 0 Å². The van der Waals surface area contributed by atoms with Crippen LogP contribution >= 0.6 is 0 Å². The monoisotopic (exact) mass is 261 g/mol. The minimum absolute atomic E-state index is 0.760. The predicted molar refractivity (Wildman–Crippen MR) is 92.0 cm³/mol. The summed E-state index contributed by atoms with van der Waals surface area (Å²) in [6.07, 6.45) is 12.9. The van der Waals surface area contributed by atoms with Crippen molar-refractivity contribution in [1.82, 2.24) is 0 Å². The Morgan fingerprint density at radius 2 is 1.32 bits per heavy atom. The number of rotatable bonds is 5. The molecule has 0 saturated heterocycles. The zero-order valence-corrected chi connectivity index (χ0v) is 13.5. The lowest BCUT2D eigenvalue weighted by Gasteiger charge is -2.03. The van der Waals surface area contributed by atoms with Crippen LogP contribution in [-0.2, 0) is 0 Å². The molecule has 0 aliphatic rings. The van der Waals surface area contributed by atoms with Crippen LogP contribution in [0.2, 0.25) is 0 Å². The third-order valence-corrected chi connectivity index (χ3v) is 2.03. The molecule has 0 rings (SSSR count). The first-order chi connectivity index (χ1) is 9.13. The highest BCUT2D eigenvalue weighted by Crippen LogP contribution is 2.11. The Kier molecular flexibility index (Phi) is 22.0. The Hall–Kier alpha value is -1.76. The van der Waals surface area contributed by atoms with E-state index in [-0.39, 0.29) is 0 Å². The molecule has 1 heteroatoms. The fourth-order valence-electron chi connectivity index (χ4n) is 0.928. The van der Waals surface area contributed by atoms with Crippen molar-refractivity contribution in [2.45, 2.75) is 41.5 Å². The standard InChI is InChI=1S/C14H19N.2C2H6/c1-5-7-9-10-12(3)13(4)14(15)11-8-6-2;2*1-2/h5-11H,1-2,15H2,3-4H3;2*1-2H3/b9-7-,11-8-,12-10+,14-13-;;. The second-order valence-corrected chi connectivity index (χ2v) is 3.15. The highest BCUT2D eigenvalue weighted by atomic mass is 14.6. The fourth-order valence-corrected chi connectivity index (χ4v) is 0.928. The van der Waals surface area contributed by atoms with Crippen LogP contribution in [0.25, 0.3) is 0 Å². The van der Waals surface area contributed by atoms with Gasteiger partial charge < -0.3 is 5.73 Å². The molecular weight excluding hydrogens is 230 g/mol. The van der Waals surface area contributed by atoms with Gasteiger partial charge in [0.05, 0.1) is 0 Å². The molecule has 0 fully saturated rings. The van der Waals surface area contributed by atoms with Crippen LogP contribution in [0.1, 0.15) is 41.5 Å². The van der Waals surface area contributed by atoms with Crippen LogP contribution in [0.15, 0.2) is 72.5 Å². The third kappa shape index (κ3) is 14.2. The molecule has 108 valence electrons. The molecule has 1 nitrogen and oxygen atoms in total. The van der Waals surface area contributed by atoms with Crippen molar-refractivity contribution in [2.24, 2.45) is 5.73 Å². The van der Waals surface area contributed by atoms with Gasteiger partial charge in [-0.2, -0.15) is 0 Å². The van der Waals surface area contributed by atoms with Crippen molar-refractivity contribution in [3.8, 4) is 0 Å². The first kappa shape index (κ1) is 22.4. The summed E-state index contributed by atoms with van der Waals surface area (Å²) in [7, 11) is 0. The maximum atomic E-state index is 5.87. The molecule has 19 heavy (non-hydrogen) atoms. The first-order valence-corrected chi connectivity index (χ1v) is 6.85. The topological polar surface area (TPSA) is 26.0 Å². The van der Waals surface area contributed by atoms with Crippen LogP contribution in [0.3, 0.4) is 0 Å². The molecule has 0 unspecified atom stereocenters. The molecule has 0 aromatic carbocycles. The van der Waals surface area contributed by atoms with Crippen LogP contribution in [0.5, 0.6) is 0 Å². The van der Waals surface area contributed by atoms with E-state index in [9.17, 15) is 0 Å². The average Bonchev–Trinajstić information content (AvgIpc) is 2.48. The maximum Gasteiger partial charge on any atom is 0.0346 e. The van der Waals surface area contributed by atoms with Gasteiger partial charge in [0.2, 0.25) is 0 Å². The quantitative estimate of drug-likeness (QED) is 0.631. The number of hydrogen-bond acceptors (Lipinski definition) is 1. The minimum Gasteiger partial charge on any atom is -0.399 e. The highest BCUT2D eigenvalue weighted by Gasteiger charge is 1.95. The van der Waals surface area contributed by atoms with Gasteiger partial charge in [0, 0.05) is 5.70 Å². The van der Waals surface area contributed by atoms with Crippen molar-refractivity contribution >= 4 is 0 Å². The van der Waals surface area contributed by atoms with Gasteiger partial charge in [0.1, 0.15) is 0 Å². The summed E-state index contributed by atoms with van der Waals surface area (Å²) >= 11 is 0. The Morgan fingerprint density at radius 3 is 1.74 bits per heavy atom. The van der Waals surface area contributed by atoms with E-state index in [1.807, 2.05) is 71.9 Å². The molecule has 0 amide bonds. The average molecular weight is 261 g/mol. The van der Waals surface area contributed by atoms with E-state index < -0.39 is 0 Å². The van der Waals surface area contributed by atoms with E-state index in [0.29, 0.717) is 0 Å². The summed E-state index contributed by atoms with van der Waals surface area (Å²) < 4.78 is 0. The highest BCUT2D eigenvalue weighted by molar-refractivity contribution is 5.38. The van der Waals surface area contributed by atoms with E-state index in [0.717, 1.165) is 16.8 Å². The molecule has 0 aromatic rings. The van der Waals surface area contributed by atoms with Crippen molar-refractivity contribution in [1.29, 1.82) is 0 Å². The molecule has 0 saturated carbocycles. The van der Waals surface area contributed by atoms with Gasteiger partial charge >= 0.3 is 0 Å². The Balaban J connectivity index is -0.000000579. The Morgan fingerprint density at radius 1 is 0.842 bits per heavy atom. The third-order valence-electron chi connectivity index (χ3n) is 2.03. The summed E-state index contributed by atoms with van der Waals surface area (Å²) in [5.41, 5.74) is 8.84. The van der Waals surface area contributed by atoms with Gasteiger partial charge in [0.15, 0.2) is 0 Å². The van der Waals surface area contributed by atoms with Crippen LogP contribution in [0, 0.1) is 0 Å². The smallest absolute Gasteiger partial charge is 0.0346 e. The molecule has 0 bridgehead atoms. The van der Waals surface area contributed by atoms with Gasteiger partial charge in [-0.3, -0.25) is 0 Å². The minimum atomic E-state index is 0.760. The lowest BCUT2D eigenvalue weighted by Crippen LogP contribution is -1.98. The van der Waals surface area contributed by atoms with Crippen LogP contribution in [-0.4, -0.2) is 0 Å². The van der Waals surface area contributed by atoms with E-state index >= 15 is 0 Å². The van der Waals surface area contributed by atoms with Crippen molar-refractivity contribution < 1.29 is 0 Å². The fraction of sp³-hybridized carbons (Fsp3) is 0.333. The van der Waals surface area contributed by atoms with Gasteiger partial charge in [0.25, 0.3) is 0 Å². The number of hydrogen-bond donors (Lipinski definition) is 1. The van der Waals surface area contributed by atoms with E-state index in [1.54, 1.807) is 12.2 Å². The maximum absolute atomic E-state index is 5.87. The first-order valence-electron chi connectivity index (χ1n) is 6.85. The molecule has 0 radical (unpaired) electrons. The van der Waals surface area contributed by atoms with Gasteiger partial charge in [-0.15, -0.1) is 0 Å². The molecule has 0 aliphatic carbocycles.